The number of carbonyl (C=O) groups is 2. The van der Waals surface area contributed by atoms with E-state index in [0.717, 1.165) is 0 Å². The monoisotopic (exact) mass is 396 g/mol. The van der Waals surface area contributed by atoms with Gasteiger partial charge in [0.15, 0.2) is 0 Å². The van der Waals surface area contributed by atoms with E-state index in [4.69, 9.17) is 16.7 Å². The molecule has 0 spiro atoms. The van der Waals surface area contributed by atoms with Crippen molar-refractivity contribution in [3.63, 3.8) is 0 Å². The lowest BCUT2D eigenvalue weighted by molar-refractivity contribution is -0.116. The maximum atomic E-state index is 12.4. The number of hydrogen-bond donors (Lipinski definition) is 3. The molecule has 0 radical (unpaired) electrons. The molecule has 0 heterocycles. The van der Waals surface area contributed by atoms with Gasteiger partial charge in [-0.15, -0.1) is 11.6 Å². The molecule has 2 rings (SSSR count). The lowest BCUT2D eigenvalue weighted by Gasteiger charge is -2.10. The molecular weight excluding hydrogens is 380 g/mol. The number of carbonyl (C=O) groups excluding carboxylic acids is 1. The van der Waals surface area contributed by atoms with Crippen molar-refractivity contribution in [3.05, 3.63) is 54.1 Å². The number of nitrogens with one attached hydrogen (secondary N) is 2. The third-order valence-electron chi connectivity index (χ3n) is 3.37. The highest BCUT2D eigenvalue weighted by Crippen LogP contribution is 2.19. The van der Waals surface area contributed by atoms with Crippen molar-refractivity contribution in [2.45, 2.75) is 17.7 Å². The lowest BCUT2D eigenvalue weighted by Crippen LogP contribution is -2.14. The molecule has 1 amide bonds. The topological polar surface area (TPSA) is 113 Å². The first-order valence-electron chi connectivity index (χ1n) is 7.64. The van der Waals surface area contributed by atoms with E-state index >= 15 is 0 Å². The summed E-state index contributed by atoms with van der Waals surface area (Å²) < 4.78 is 27.1. The van der Waals surface area contributed by atoms with E-state index in [-0.39, 0.29) is 28.5 Å². The standard InChI is InChI=1S/C17H17ClN2O5S/c18-11-1-2-16(21)19-13-7-9-15(10-8-13)26(24,25)20-14-5-3-12(4-6-14)17(22)23/h3-10,20H,1-2,11H2,(H,19,21)(H,22,23). The Morgan fingerprint density at radius 1 is 0.962 bits per heavy atom. The summed E-state index contributed by atoms with van der Waals surface area (Å²) in [6, 6.07) is 11.1. The van der Waals surface area contributed by atoms with Gasteiger partial charge < -0.3 is 10.4 Å². The number of halogens is 1. The van der Waals surface area contributed by atoms with Gasteiger partial charge in [0.1, 0.15) is 0 Å². The molecule has 7 nitrogen and oxygen atoms in total. The fourth-order valence-electron chi connectivity index (χ4n) is 2.06. The molecule has 0 bridgehead atoms. The fraction of sp³-hybridized carbons (Fsp3) is 0.176. The molecule has 2 aromatic rings. The van der Waals surface area contributed by atoms with E-state index in [2.05, 4.69) is 10.0 Å². The molecule has 0 aliphatic heterocycles. The predicted molar refractivity (Wildman–Crippen MR) is 99.2 cm³/mol. The zero-order valence-electron chi connectivity index (χ0n) is 13.6. The van der Waals surface area contributed by atoms with Crippen molar-refractivity contribution in [2.24, 2.45) is 0 Å². The summed E-state index contributed by atoms with van der Waals surface area (Å²) in [7, 11) is -3.83. The maximum absolute atomic E-state index is 12.4. The van der Waals surface area contributed by atoms with Gasteiger partial charge in [0.05, 0.1) is 10.5 Å². The van der Waals surface area contributed by atoms with Crippen LogP contribution in [0.25, 0.3) is 0 Å². The molecule has 2 aromatic carbocycles. The van der Waals surface area contributed by atoms with Crippen LogP contribution in [0.5, 0.6) is 0 Å². The number of alkyl halides is 1. The quantitative estimate of drug-likeness (QED) is 0.593. The van der Waals surface area contributed by atoms with Gasteiger partial charge in [-0.1, -0.05) is 0 Å². The number of aromatic carboxylic acids is 1. The molecule has 0 saturated carbocycles. The minimum atomic E-state index is -3.83. The van der Waals surface area contributed by atoms with Crippen molar-refractivity contribution < 1.29 is 23.1 Å². The summed E-state index contributed by atoms with van der Waals surface area (Å²) in [5.41, 5.74) is 0.782. The lowest BCUT2D eigenvalue weighted by atomic mass is 10.2. The van der Waals surface area contributed by atoms with Crippen LogP contribution in [0, 0.1) is 0 Å². The number of benzene rings is 2. The molecule has 9 heteroatoms. The maximum Gasteiger partial charge on any atom is 0.335 e. The van der Waals surface area contributed by atoms with Crippen LogP contribution in [0.4, 0.5) is 11.4 Å². The average molecular weight is 397 g/mol. The first kappa shape index (κ1) is 19.7. The molecular formula is C17H17ClN2O5S. The smallest absolute Gasteiger partial charge is 0.335 e. The summed E-state index contributed by atoms with van der Waals surface area (Å²) in [5, 5.41) is 11.5. The molecule has 0 aliphatic rings. The normalized spacial score (nSPS) is 11.0. The van der Waals surface area contributed by atoms with E-state index in [1.807, 2.05) is 0 Å². The fourth-order valence-corrected chi connectivity index (χ4v) is 3.26. The number of rotatable bonds is 8. The molecule has 0 aliphatic carbocycles. The van der Waals surface area contributed by atoms with Gasteiger partial charge in [-0.05, 0) is 55.0 Å². The van der Waals surface area contributed by atoms with Crippen molar-refractivity contribution >= 4 is 44.9 Å². The summed E-state index contributed by atoms with van der Waals surface area (Å²) >= 11 is 5.53. The van der Waals surface area contributed by atoms with Crippen molar-refractivity contribution in [1.29, 1.82) is 0 Å². The van der Waals surface area contributed by atoms with Crippen LogP contribution >= 0.6 is 11.6 Å². The van der Waals surface area contributed by atoms with Gasteiger partial charge in [-0.3, -0.25) is 9.52 Å². The van der Waals surface area contributed by atoms with Crippen LogP contribution in [0.15, 0.2) is 53.4 Å². The van der Waals surface area contributed by atoms with E-state index in [1.165, 1.54) is 48.5 Å². The van der Waals surface area contributed by atoms with Crippen LogP contribution in [0.2, 0.25) is 0 Å². The Hall–Kier alpha value is -2.58. The number of amides is 1. The van der Waals surface area contributed by atoms with Crippen molar-refractivity contribution in [2.75, 3.05) is 15.9 Å². The van der Waals surface area contributed by atoms with Crippen LogP contribution < -0.4 is 10.0 Å². The van der Waals surface area contributed by atoms with E-state index < -0.39 is 16.0 Å². The summed E-state index contributed by atoms with van der Waals surface area (Å²) in [6.07, 6.45) is 0.849. The largest absolute Gasteiger partial charge is 0.478 e. The molecule has 0 saturated heterocycles. The first-order valence-corrected chi connectivity index (χ1v) is 9.65. The van der Waals surface area contributed by atoms with E-state index in [1.54, 1.807) is 0 Å². The zero-order valence-corrected chi connectivity index (χ0v) is 15.2. The molecule has 3 N–H and O–H groups in total. The van der Waals surface area contributed by atoms with Crippen LogP contribution in [0.3, 0.4) is 0 Å². The molecule has 0 fully saturated rings. The Morgan fingerprint density at radius 2 is 1.54 bits per heavy atom. The average Bonchev–Trinajstić information content (AvgIpc) is 2.60. The summed E-state index contributed by atoms with van der Waals surface area (Å²) in [5.74, 6) is -0.898. The Kier molecular flexibility index (Phi) is 6.59. The number of hydrogen-bond acceptors (Lipinski definition) is 4. The van der Waals surface area contributed by atoms with Crippen molar-refractivity contribution in [3.8, 4) is 0 Å². The Bertz CT molecular complexity index is 880. The third-order valence-corrected chi connectivity index (χ3v) is 5.03. The molecule has 0 atom stereocenters. The van der Waals surface area contributed by atoms with Crippen molar-refractivity contribution in [1.82, 2.24) is 0 Å². The molecule has 26 heavy (non-hydrogen) atoms. The summed E-state index contributed by atoms with van der Waals surface area (Å²) in [6.45, 7) is 0. The van der Waals surface area contributed by atoms with Gasteiger partial charge in [0.2, 0.25) is 5.91 Å². The number of anilines is 2. The van der Waals surface area contributed by atoms with Gasteiger partial charge in [-0.25, -0.2) is 13.2 Å². The van der Waals surface area contributed by atoms with Gasteiger partial charge in [0.25, 0.3) is 10.0 Å². The van der Waals surface area contributed by atoms with Gasteiger partial charge >= 0.3 is 5.97 Å². The predicted octanol–water partition coefficient (Wildman–Crippen LogP) is 3.14. The highest BCUT2D eigenvalue weighted by Gasteiger charge is 2.15. The number of carboxylic acid groups (broad SMARTS) is 1. The zero-order chi connectivity index (χ0) is 19.2. The van der Waals surface area contributed by atoms with E-state index in [9.17, 15) is 18.0 Å². The third kappa shape index (κ3) is 5.47. The summed E-state index contributed by atoms with van der Waals surface area (Å²) in [4.78, 5) is 22.5. The minimum absolute atomic E-state index is 0.0126. The molecule has 138 valence electrons. The van der Waals surface area contributed by atoms with Crippen LogP contribution in [-0.4, -0.2) is 31.3 Å². The highest BCUT2D eigenvalue weighted by molar-refractivity contribution is 7.92. The molecule has 0 unspecified atom stereocenters. The Balaban J connectivity index is 2.06. The first-order chi connectivity index (χ1) is 12.3. The SMILES string of the molecule is O=C(CCCCl)Nc1ccc(S(=O)(=O)Nc2ccc(C(=O)O)cc2)cc1. The second-order valence-electron chi connectivity index (χ2n) is 5.35. The van der Waals surface area contributed by atoms with Gasteiger partial charge in [-0.2, -0.15) is 0 Å². The minimum Gasteiger partial charge on any atom is -0.478 e. The highest BCUT2D eigenvalue weighted by atomic mass is 35.5. The second-order valence-corrected chi connectivity index (χ2v) is 7.41. The Labute approximate surface area is 156 Å². The number of sulfonamides is 1. The number of carboxylic acids is 1. The Morgan fingerprint density at radius 3 is 2.08 bits per heavy atom. The van der Waals surface area contributed by atoms with Crippen LogP contribution in [-0.2, 0) is 14.8 Å². The molecule has 0 aromatic heterocycles. The van der Waals surface area contributed by atoms with E-state index in [0.29, 0.717) is 18.0 Å². The van der Waals surface area contributed by atoms with Gasteiger partial charge in [0, 0.05) is 23.7 Å². The van der Waals surface area contributed by atoms with Crippen LogP contribution in [0.1, 0.15) is 23.2 Å². The second kappa shape index (κ2) is 8.68.